The summed E-state index contributed by atoms with van der Waals surface area (Å²) >= 11 is 0. The first-order chi connectivity index (χ1) is 17.7. The molecule has 1 saturated carbocycles. The molecule has 188 valence electrons. The molecule has 1 aliphatic carbocycles. The molecular formula is C30H34N2O4. The van der Waals surface area contributed by atoms with Crippen molar-refractivity contribution < 1.29 is 19.1 Å². The maximum absolute atomic E-state index is 12.5. The van der Waals surface area contributed by atoms with Crippen LogP contribution in [0.5, 0.6) is 11.5 Å². The van der Waals surface area contributed by atoms with Crippen LogP contribution in [0, 0.1) is 5.92 Å². The van der Waals surface area contributed by atoms with E-state index in [0.717, 1.165) is 36.2 Å². The summed E-state index contributed by atoms with van der Waals surface area (Å²) in [5, 5.41) is 4.03. The minimum Gasteiger partial charge on any atom is -0.485 e. The van der Waals surface area contributed by atoms with Crippen molar-refractivity contribution in [1.82, 2.24) is 4.90 Å². The number of amides is 1. The lowest BCUT2D eigenvalue weighted by atomic mass is 10.2. The summed E-state index contributed by atoms with van der Waals surface area (Å²) in [6.45, 7) is 4.47. The van der Waals surface area contributed by atoms with E-state index >= 15 is 0 Å². The molecule has 4 rings (SSSR count). The Morgan fingerprint density at radius 3 is 2.17 bits per heavy atom. The third-order valence-corrected chi connectivity index (χ3v) is 5.93. The molecule has 1 amide bonds. The first-order valence-corrected chi connectivity index (χ1v) is 12.6. The zero-order valence-electron chi connectivity index (χ0n) is 20.8. The Morgan fingerprint density at radius 2 is 1.56 bits per heavy atom. The molecule has 6 heteroatoms. The van der Waals surface area contributed by atoms with Crippen LogP contribution in [0.2, 0.25) is 0 Å². The molecule has 3 aromatic rings. The van der Waals surface area contributed by atoms with Crippen molar-refractivity contribution in [3.8, 4) is 11.5 Å². The molecule has 0 atom stereocenters. The van der Waals surface area contributed by atoms with Crippen LogP contribution in [0.15, 0.2) is 84.0 Å². The highest BCUT2D eigenvalue weighted by Crippen LogP contribution is 2.30. The van der Waals surface area contributed by atoms with Crippen molar-refractivity contribution in [2.45, 2.75) is 39.4 Å². The third kappa shape index (κ3) is 8.15. The first-order valence-electron chi connectivity index (χ1n) is 12.6. The fraction of sp³-hybridized carbons (Fsp3) is 0.333. The lowest BCUT2D eigenvalue weighted by molar-refractivity contribution is -0.136. The first kappa shape index (κ1) is 25.3. The lowest BCUT2D eigenvalue weighted by Gasteiger charge is -2.21. The van der Waals surface area contributed by atoms with Gasteiger partial charge in [0.2, 0.25) is 0 Å². The second-order valence-corrected chi connectivity index (χ2v) is 9.05. The monoisotopic (exact) mass is 486 g/mol. The van der Waals surface area contributed by atoms with Crippen LogP contribution in [0.3, 0.4) is 0 Å². The summed E-state index contributed by atoms with van der Waals surface area (Å²) in [6, 6.07) is 25.6. The van der Waals surface area contributed by atoms with Crippen molar-refractivity contribution in [1.29, 1.82) is 0 Å². The molecule has 0 unspecified atom stereocenters. The average Bonchev–Trinajstić information content (AvgIpc) is 3.74. The lowest BCUT2D eigenvalue weighted by Crippen LogP contribution is -2.36. The van der Waals surface area contributed by atoms with Gasteiger partial charge in [-0.2, -0.15) is 0 Å². The van der Waals surface area contributed by atoms with Crippen LogP contribution in [-0.4, -0.2) is 36.7 Å². The SMILES string of the molecule is CCCN(CC1CC1)C(=O)CO/N=C/c1ccc(OCc2ccccc2)c(OCc2ccccc2)c1. The van der Waals surface area contributed by atoms with E-state index in [1.54, 1.807) is 6.21 Å². The Morgan fingerprint density at radius 1 is 0.917 bits per heavy atom. The topological polar surface area (TPSA) is 60.4 Å². The molecule has 0 aliphatic heterocycles. The number of hydrogen-bond acceptors (Lipinski definition) is 5. The number of nitrogens with zero attached hydrogens (tertiary/aromatic N) is 2. The van der Waals surface area contributed by atoms with Crippen LogP contribution in [0.1, 0.15) is 42.9 Å². The molecule has 1 fully saturated rings. The summed E-state index contributed by atoms with van der Waals surface area (Å²) < 4.78 is 12.2. The van der Waals surface area contributed by atoms with Gasteiger partial charge < -0.3 is 19.2 Å². The second kappa shape index (κ2) is 13.3. The summed E-state index contributed by atoms with van der Waals surface area (Å²) in [4.78, 5) is 19.7. The van der Waals surface area contributed by atoms with E-state index in [0.29, 0.717) is 30.6 Å². The summed E-state index contributed by atoms with van der Waals surface area (Å²) in [5.74, 6) is 1.91. The maximum atomic E-state index is 12.5. The van der Waals surface area contributed by atoms with E-state index < -0.39 is 0 Å². The third-order valence-electron chi connectivity index (χ3n) is 5.93. The number of ether oxygens (including phenoxy) is 2. The minimum absolute atomic E-state index is 0.0163. The van der Waals surface area contributed by atoms with Crippen molar-refractivity contribution >= 4 is 12.1 Å². The van der Waals surface area contributed by atoms with E-state index in [2.05, 4.69) is 12.1 Å². The molecular weight excluding hydrogens is 452 g/mol. The maximum Gasteiger partial charge on any atom is 0.263 e. The van der Waals surface area contributed by atoms with Crippen molar-refractivity contribution in [2.75, 3.05) is 19.7 Å². The predicted octanol–water partition coefficient (Wildman–Crippen LogP) is 5.84. The van der Waals surface area contributed by atoms with Crippen molar-refractivity contribution in [3.63, 3.8) is 0 Å². The quantitative estimate of drug-likeness (QED) is 0.212. The molecule has 0 bridgehead atoms. The number of rotatable bonds is 14. The minimum atomic E-state index is -0.0567. The molecule has 0 heterocycles. The number of carbonyl (C=O) groups is 1. The molecule has 3 aromatic carbocycles. The Bertz CT molecular complexity index is 1110. The van der Waals surface area contributed by atoms with Gasteiger partial charge in [-0.3, -0.25) is 4.79 Å². The number of benzene rings is 3. The van der Waals surface area contributed by atoms with Gasteiger partial charge in [0.25, 0.3) is 5.91 Å². The van der Waals surface area contributed by atoms with Crippen LogP contribution in [0.4, 0.5) is 0 Å². The molecule has 0 spiro atoms. The molecule has 6 nitrogen and oxygen atoms in total. The standard InChI is InChI=1S/C30H34N2O4/c1-2-17-32(20-24-13-14-24)30(33)23-36-31-19-27-15-16-28(34-21-25-9-5-3-6-10-25)29(18-27)35-22-26-11-7-4-8-12-26/h3-12,15-16,18-19,24H,2,13-14,17,20-23H2,1H3/b31-19+. The summed E-state index contributed by atoms with van der Waals surface area (Å²) in [7, 11) is 0. The van der Waals surface area contributed by atoms with E-state index in [4.69, 9.17) is 14.3 Å². The van der Waals surface area contributed by atoms with Gasteiger partial charge >= 0.3 is 0 Å². The van der Waals surface area contributed by atoms with Gasteiger partial charge in [-0.1, -0.05) is 72.7 Å². The number of oxime groups is 1. The largest absolute Gasteiger partial charge is 0.485 e. The molecule has 0 radical (unpaired) electrons. The van der Waals surface area contributed by atoms with E-state index in [9.17, 15) is 4.79 Å². The Labute approximate surface area is 213 Å². The van der Waals surface area contributed by atoms with Crippen LogP contribution in [-0.2, 0) is 22.8 Å². The molecule has 0 N–H and O–H groups in total. The summed E-state index contributed by atoms with van der Waals surface area (Å²) in [6.07, 6.45) is 4.96. The average molecular weight is 487 g/mol. The zero-order chi connectivity index (χ0) is 25.0. The second-order valence-electron chi connectivity index (χ2n) is 9.05. The predicted molar refractivity (Wildman–Crippen MR) is 141 cm³/mol. The van der Waals surface area contributed by atoms with E-state index in [1.807, 2.05) is 83.8 Å². The van der Waals surface area contributed by atoms with Gasteiger partial charge in [0, 0.05) is 18.7 Å². The van der Waals surface area contributed by atoms with Gasteiger partial charge in [-0.05, 0) is 54.5 Å². The fourth-order valence-electron chi connectivity index (χ4n) is 3.79. The molecule has 0 aromatic heterocycles. The fourth-order valence-corrected chi connectivity index (χ4v) is 3.79. The molecule has 36 heavy (non-hydrogen) atoms. The van der Waals surface area contributed by atoms with Crippen molar-refractivity contribution in [3.05, 3.63) is 95.6 Å². The van der Waals surface area contributed by atoms with Gasteiger partial charge in [-0.25, -0.2) is 0 Å². The van der Waals surface area contributed by atoms with E-state index in [1.165, 1.54) is 12.8 Å². The van der Waals surface area contributed by atoms with Crippen LogP contribution >= 0.6 is 0 Å². The highest BCUT2D eigenvalue weighted by Gasteiger charge is 2.26. The zero-order valence-corrected chi connectivity index (χ0v) is 20.8. The van der Waals surface area contributed by atoms with Gasteiger partial charge in [0.1, 0.15) is 13.2 Å². The van der Waals surface area contributed by atoms with Gasteiger partial charge in [0.15, 0.2) is 18.1 Å². The smallest absolute Gasteiger partial charge is 0.263 e. The van der Waals surface area contributed by atoms with Gasteiger partial charge in [0.05, 0.1) is 6.21 Å². The highest BCUT2D eigenvalue weighted by atomic mass is 16.6. The Kier molecular flexibility index (Phi) is 9.37. The van der Waals surface area contributed by atoms with Crippen molar-refractivity contribution in [2.24, 2.45) is 11.1 Å². The summed E-state index contributed by atoms with van der Waals surface area (Å²) in [5.41, 5.74) is 2.94. The Hall–Kier alpha value is -3.80. The number of hydrogen-bond donors (Lipinski definition) is 0. The van der Waals surface area contributed by atoms with E-state index in [-0.39, 0.29) is 12.5 Å². The molecule has 0 saturated heterocycles. The normalized spacial score (nSPS) is 12.9. The number of carbonyl (C=O) groups excluding carboxylic acids is 1. The van der Waals surface area contributed by atoms with Gasteiger partial charge in [-0.15, -0.1) is 0 Å². The Balaban J connectivity index is 1.37. The van der Waals surface area contributed by atoms with Crippen LogP contribution < -0.4 is 9.47 Å². The highest BCUT2D eigenvalue weighted by molar-refractivity contribution is 5.81. The molecule has 1 aliphatic rings. The van der Waals surface area contributed by atoms with Crippen LogP contribution in [0.25, 0.3) is 0 Å².